The summed E-state index contributed by atoms with van der Waals surface area (Å²) in [6.45, 7) is 1.41. The van der Waals surface area contributed by atoms with E-state index >= 15 is 0 Å². The second kappa shape index (κ2) is 7.83. The van der Waals surface area contributed by atoms with E-state index in [1.165, 1.54) is 0 Å². The zero-order valence-electron chi connectivity index (χ0n) is 13.9. The minimum atomic E-state index is -0.312. The maximum absolute atomic E-state index is 12.2. The second-order valence-corrected chi connectivity index (χ2v) is 6.20. The highest BCUT2D eigenvalue weighted by atomic mass is 16.6. The molecule has 0 aromatic heterocycles. The zero-order valence-corrected chi connectivity index (χ0v) is 13.9. The number of phenols is 1. The maximum Gasteiger partial charge on any atom is 0.410 e. The van der Waals surface area contributed by atoms with Gasteiger partial charge in [0.25, 0.3) is 0 Å². The first-order valence-corrected chi connectivity index (χ1v) is 8.41. The minimum Gasteiger partial charge on any atom is -0.507 e. The number of para-hydroxylation sites is 1. The summed E-state index contributed by atoms with van der Waals surface area (Å²) in [5.41, 5.74) is 2.05. The number of hydrogen-bond donors (Lipinski definition) is 1. The van der Waals surface area contributed by atoms with Crippen LogP contribution in [0.3, 0.4) is 0 Å². The molecule has 0 saturated carbocycles. The fraction of sp³-hybridized carbons (Fsp3) is 0.300. The van der Waals surface area contributed by atoms with Crippen LogP contribution in [0, 0.1) is 0 Å². The van der Waals surface area contributed by atoms with Gasteiger partial charge in [-0.25, -0.2) is 4.79 Å². The molecule has 2 aromatic carbocycles. The van der Waals surface area contributed by atoms with Crippen molar-refractivity contribution in [3.8, 4) is 5.75 Å². The Morgan fingerprint density at radius 2 is 1.84 bits per heavy atom. The average molecular weight is 339 g/mol. The zero-order chi connectivity index (χ0) is 17.6. The molecule has 0 radical (unpaired) electrons. The molecule has 1 saturated heterocycles. The van der Waals surface area contributed by atoms with Crippen molar-refractivity contribution in [2.75, 3.05) is 13.1 Å². The number of amides is 1. The van der Waals surface area contributed by atoms with E-state index in [2.05, 4.69) is 0 Å². The summed E-state index contributed by atoms with van der Waals surface area (Å²) in [6.07, 6.45) is 1.81. The monoisotopic (exact) mass is 339 g/mol. The lowest BCUT2D eigenvalue weighted by atomic mass is 9.88. The molecule has 1 amide bonds. The van der Waals surface area contributed by atoms with Crippen molar-refractivity contribution in [1.29, 1.82) is 0 Å². The van der Waals surface area contributed by atoms with E-state index in [-0.39, 0.29) is 24.4 Å². The Kier molecular flexibility index (Phi) is 5.33. The lowest BCUT2D eigenvalue weighted by Crippen LogP contribution is -2.38. The van der Waals surface area contributed by atoms with E-state index in [1.54, 1.807) is 17.0 Å². The van der Waals surface area contributed by atoms with Crippen LogP contribution in [0.1, 0.15) is 40.2 Å². The van der Waals surface area contributed by atoms with Gasteiger partial charge in [0, 0.05) is 13.1 Å². The number of ether oxygens (including phenoxy) is 1. The summed E-state index contributed by atoms with van der Waals surface area (Å²) in [6, 6.07) is 14.8. The molecule has 5 heteroatoms. The molecule has 3 rings (SSSR count). The van der Waals surface area contributed by atoms with Gasteiger partial charge >= 0.3 is 6.09 Å². The Bertz CT molecular complexity index is 737. The standard InChI is InChI=1S/C20H21NO4/c22-13-17-7-4-8-18(19(17)23)16-9-11-21(12-10-16)20(24)25-14-15-5-2-1-3-6-15/h1-8,13,16,23H,9-12,14H2. The SMILES string of the molecule is O=Cc1cccc(C2CCN(C(=O)OCc3ccccc3)CC2)c1O. The molecule has 1 heterocycles. The van der Waals surface area contributed by atoms with Gasteiger partial charge in [-0.15, -0.1) is 0 Å². The molecular weight excluding hydrogens is 318 g/mol. The summed E-state index contributed by atoms with van der Waals surface area (Å²) in [5.74, 6) is 0.195. The summed E-state index contributed by atoms with van der Waals surface area (Å²) in [4.78, 5) is 24.8. The number of benzene rings is 2. The third-order valence-corrected chi connectivity index (χ3v) is 4.62. The van der Waals surface area contributed by atoms with Gasteiger partial charge in [-0.2, -0.15) is 0 Å². The van der Waals surface area contributed by atoms with Crippen LogP contribution in [0.25, 0.3) is 0 Å². The third kappa shape index (κ3) is 3.99. The Morgan fingerprint density at radius 3 is 2.52 bits per heavy atom. The number of aromatic hydroxyl groups is 1. The predicted molar refractivity (Wildman–Crippen MR) is 93.7 cm³/mol. The van der Waals surface area contributed by atoms with Gasteiger partial charge in [0.05, 0.1) is 5.56 Å². The third-order valence-electron chi connectivity index (χ3n) is 4.62. The predicted octanol–water partition coefficient (Wildman–Crippen LogP) is 3.72. The number of aldehydes is 1. The molecule has 1 fully saturated rings. The number of carbonyl (C=O) groups is 2. The number of nitrogens with zero attached hydrogens (tertiary/aromatic N) is 1. The lowest BCUT2D eigenvalue weighted by Gasteiger charge is -2.31. The Morgan fingerprint density at radius 1 is 1.12 bits per heavy atom. The molecule has 0 unspecified atom stereocenters. The molecule has 0 bridgehead atoms. The molecular formula is C20H21NO4. The largest absolute Gasteiger partial charge is 0.507 e. The van der Waals surface area contributed by atoms with Crippen LogP contribution < -0.4 is 0 Å². The number of carbonyl (C=O) groups excluding carboxylic acids is 2. The minimum absolute atomic E-state index is 0.0580. The summed E-state index contributed by atoms with van der Waals surface area (Å²) in [5, 5.41) is 10.2. The fourth-order valence-corrected chi connectivity index (χ4v) is 3.19. The van der Waals surface area contributed by atoms with Crippen molar-refractivity contribution in [1.82, 2.24) is 4.90 Å². The highest BCUT2D eigenvalue weighted by Gasteiger charge is 2.26. The molecule has 130 valence electrons. The Hall–Kier alpha value is -2.82. The summed E-state index contributed by atoms with van der Waals surface area (Å²) >= 11 is 0. The Balaban J connectivity index is 1.55. The van der Waals surface area contributed by atoms with Crippen molar-refractivity contribution >= 4 is 12.4 Å². The highest BCUT2D eigenvalue weighted by molar-refractivity contribution is 5.80. The maximum atomic E-state index is 12.2. The van der Waals surface area contributed by atoms with Crippen molar-refractivity contribution < 1.29 is 19.4 Å². The fourth-order valence-electron chi connectivity index (χ4n) is 3.19. The normalized spacial score (nSPS) is 15.0. The molecule has 1 aliphatic heterocycles. The first-order valence-electron chi connectivity index (χ1n) is 8.41. The van der Waals surface area contributed by atoms with Crippen LogP contribution in [0.15, 0.2) is 48.5 Å². The van der Waals surface area contributed by atoms with Crippen LogP contribution in [-0.4, -0.2) is 35.5 Å². The van der Waals surface area contributed by atoms with Crippen LogP contribution in [-0.2, 0) is 11.3 Å². The van der Waals surface area contributed by atoms with Gasteiger partial charge in [0.1, 0.15) is 12.4 Å². The van der Waals surface area contributed by atoms with Crippen molar-refractivity contribution in [3.05, 3.63) is 65.2 Å². The van der Waals surface area contributed by atoms with Gasteiger partial charge in [0.15, 0.2) is 6.29 Å². The number of rotatable bonds is 4. The van der Waals surface area contributed by atoms with Gasteiger partial charge in [-0.3, -0.25) is 4.79 Å². The lowest BCUT2D eigenvalue weighted by molar-refractivity contribution is 0.0869. The molecule has 25 heavy (non-hydrogen) atoms. The Labute approximate surface area is 146 Å². The smallest absolute Gasteiger partial charge is 0.410 e. The molecule has 0 atom stereocenters. The van der Waals surface area contributed by atoms with E-state index in [1.807, 2.05) is 36.4 Å². The summed E-state index contributed by atoms with van der Waals surface area (Å²) in [7, 11) is 0. The highest BCUT2D eigenvalue weighted by Crippen LogP contribution is 2.35. The van der Waals surface area contributed by atoms with Crippen LogP contribution >= 0.6 is 0 Å². The van der Waals surface area contributed by atoms with E-state index in [4.69, 9.17) is 4.74 Å². The second-order valence-electron chi connectivity index (χ2n) is 6.20. The van der Waals surface area contributed by atoms with E-state index in [0.29, 0.717) is 24.9 Å². The molecule has 1 N–H and O–H groups in total. The van der Waals surface area contributed by atoms with Gasteiger partial charge in [-0.1, -0.05) is 42.5 Å². The van der Waals surface area contributed by atoms with E-state index in [0.717, 1.165) is 24.0 Å². The van der Waals surface area contributed by atoms with Gasteiger partial charge in [0.2, 0.25) is 0 Å². The van der Waals surface area contributed by atoms with Crippen LogP contribution in [0.4, 0.5) is 4.79 Å². The van der Waals surface area contributed by atoms with Crippen molar-refractivity contribution in [3.63, 3.8) is 0 Å². The summed E-state index contributed by atoms with van der Waals surface area (Å²) < 4.78 is 5.36. The first-order chi connectivity index (χ1) is 12.2. The molecule has 0 spiro atoms. The average Bonchev–Trinajstić information content (AvgIpc) is 2.67. The van der Waals surface area contributed by atoms with Gasteiger partial charge < -0.3 is 14.7 Å². The quantitative estimate of drug-likeness (QED) is 0.862. The molecule has 5 nitrogen and oxygen atoms in total. The topological polar surface area (TPSA) is 66.8 Å². The van der Waals surface area contributed by atoms with Crippen molar-refractivity contribution in [2.24, 2.45) is 0 Å². The van der Waals surface area contributed by atoms with Crippen molar-refractivity contribution in [2.45, 2.75) is 25.4 Å². The first kappa shape index (κ1) is 17.0. The number of piperidine rings is 1. The number of hydrogen-bond acceptors (Lipinski definition) is 4. The molecule has 1 aliphatic rings. The number of phenolic OH excluding ortho intramolecular Hbond substituents is 1. The molecule has 2 aromatic rings. The van der Waals surface area contributed by atoms with Crippen LogP contribution in [0.5, 0.6) is 5.75 Å². The van der Waals surface area contributed by atoms with Crippen LogP contribution in [0.2, 0.25) is 0 Å². The van der Waals surface area contributed by atoms with Gasteiger partial charge in [-0.05, 0) is 36.0 Å². The molecule has 0 aliphatic carbocycles. The number of likely N-dealkylation sites (tertiary alicyclic amines) is 1. The van der Waals surface area contributed by atoms with E-state index in [9.17, 15) is 14.7 Å². The van der Waals surface area contributed by atoms with E-state index < -0.39 is 0 Å².